The van der Waals surface area contributed by atoms with E-state index in [0.717, 1.165) is 21.8 Å². The number of ketones is 1. The van der Waals surface area contributed by atoms with E-state index in [4.69, 9.17) is 24.9 Å². The van der Waals surface area contributed by atoms with Gasteiger partial charge in [0.05, 0.1) is 29.0 Å². The first-order chi connectivity index (χ1) is 38.3. The first kappa shape index (κ1) is 63.3. The Morgan fingerprint density at radius 1 is 0.926 bits per heavy atom. The summed E-state index contributed by atoms with van der Waals surface area (Å²) in [6.45, 7) is 15.3. The molecule has 4 aromatic rings. The maximum absolute atomic E-state index is 13.8. The number of primary amides is 1. The number of aryl methyl sites for hydroxylation is 1. The number of nitrogens with zero attached hydrogens (tertiary/aromatic N) is 4. The van der Waals surface area contributed by atoms with Crippen molar-refractivity contribution < 1.29 is 57.7 Å². The molecular formula is C57H75N9O13Se2. The van der Waals surface area contributed by atoms with Crippen LogP contribution < -0.4 is 37.3 Å². The predicted molar refractivity (Wildman–Crippen MR) is 305 cm³/mol. The Kier molecular flexibility index (Phi) is 21.7. The number of hydrogen-bond donors (Lipinski definition) is 6. The summed E-state index contributed by atoms with van der Waals surface area (Å²) in [5, 5.41) is 23.8. The molecule has 7 N–H and O–H groups in total. The van der Waals surface area contributed by atoms with E-state index in [1.165, 1.54) is 23.9 Å². The van der Waals surface area contributed by atoms with Crippen molar-refractivity contribution in [3.05, 3.63) is 86.7 Å². The van der Waals surface area contributed by atoms with Gasteiger partial charge in [-0.05, 0) is 48.2 Å². The zero-order valence-electron chi connectivity index (χ0n) is 47.6. The van der Waals surface area contributed by atoms with Crippen molar-refractivity contribution in [3.63, 3.8) is 0 Å². The van der Waals surface area contributed by atoms with E-state index in [1.807, 2.05) is 34.6 Å². The number of benzene rings is 2. The van der Waals surface area contributed by atoms with Crippen LogP contribution in [0.3, 0.4) is 0 Å². The molecule has 2 aliphatic rings. The molecule has 0 unspecified atom stereocenters. The van der Waals surface area contributed by atoms with Crippen molar-refractivity contribution in [2.24, 2.45) is 17.6 Å². The van der Waals surface area contributed by atoms with Crippen molar-refractivity contribution in [3.8, 4) is 17.1 Å². The van der Waals surface area contributed by atoms with Gasteiger partial charge in [-0.3, -0.25) is 4.79 Å². The minimum absolute atomic E-state index is 0.00360. The molecule has 4 heterocycles. The molecule has 81 heavy (non-hydrogen) atoms. The molecule has 7 amide bonds. The molecule has 0 spiro atoms. The summed E-state index contributed by atoms with van der Waals surface area (Å²) in [5.74, 6) is -1.97. The third kappa shape index (κ3) is 16.0. The Labute approximate surface area is 482 Å². The third-order valence-electron chi connectivity index (χ3n) is 14.1. The number of rotatable bonds is 26. The van der Waals surface area contributed by atoms with E-state index in [2.05, 4.69) is 21.3 Å². The molecule has 0 fully saturated rings. The number of anilines is 1. The second-order valence-corrected chi connectivity index (χ2v) is 29.9. The van der Waals surface area contributed by atoms with Crippen LogP contribution in [0.1, 0.15) is 115 Å². The van der Waals surface area contributed by atoms with Crippen molar-refractivity contribution >= 4 is 90.5 Å². The number of carbonyl (C=O) groups excluding carboxylic acids is 8. The number of likely N-dealkylation sites (N-methyl/N-ethyl adjacent to an activating group) is 2. The van der Waals surface area contributed by atoms with Crippen LogP contribution in [0.5, 0.6) is 5.75 Å². The number of Topliss-reactive ketones (excluding diaryl/α,β-unsaturated/α-hetero) is 1. The number of aliphatic hydroxyl groups is 1. The number of pyridine rings is 2. The van der Waals surface area contributed by atoms with Gasteiger partial charge in [-0.25, -0.2) is 24.2 Å². The smallest absolute Gasteiger partial charge is 0.458 e. The molecule has 0 saturated carbocycles. The molecule has 24 heteroatoms. The number of nitrogens with one attached hydrogen (secondary N) is 4. The number of hydrogen-bond acceptors (Lipinski definition) is 14. The average Bonchev–Trinajstić information content (AvgIpc) is 3.80. The summed E-state index contributed by atoms with van der Waals surface area (Å²) < 4.78 is 17.8. The molecule has 2 aromatic carbocycles. The van der Waals surface area contributed by atoms with Crippen LogP contribution in [0.15, 0.2) is 53.3 Å². The summed E-state index contributed by atoms with van der Waals surface area (Å²) in [7, 11) is 3.07. The normalized spacial score (nSPS) is 15.1. The van der Waals surface area contributed by atoms with E-state index in [1.54, 1.807) is 73.9 Å². The number of esters is 1. The molecule has 22 nitrogen and oxygen atoms in total. The fraction of sp³-hybridized carbons (Fsp3) is 0.509. The molecule has 2 aromatic heterocycles. The van der Waals surface area contributed by atoms with E-state index in [-0.39, 0.29) is 135 Å². The van der Waals surface area contributed by atoms with E-state index in [0.29, 0.717) is 47.4 Å². The van der Waals surface area contributed by atoms with Gasteiger partial charge in [-0.1, -0.05) is 26.0 Å². The van der Waals surface area contributed by atoms with Gasteiger partial charge < -0.3 is 39.4 Å². The third-order valence-corrected chi connectivity index (χ3v) is 24.4. The fourth-order valence-electron chi connectivity index (χ4n) is 9.29. The first-order valence-corrected chi connectivity index (χ1v) is 33.5. The molecule has 3 atom stereocenters. The van der Waals surface area contributed by atoms with Crippen LogP contribution in [-0.4, -0.2) is 144 Å². The number of carbonyl (C=O) groups is 8. The van der Waals surface area contributed by atoms with Crippen LogP contribution in [0.25, 0.3) is 22.3 Å². The van der Waals surface area contributed by atoms with Crippen LogP contribution in [0.4, 0.5) is 20.1 Å². The van der Waals surface area contributed by atoms with Gasteiger partial charge in [0.25, 0.3) is 5.56 Å². The van der Waals surface area contributed by atoms with Crippen LogP contribution in [-0.2, 0) is 65.2 Å². The van der Waals surface area contributed by atoms with E-state index >= 15 is 0 Å². The zero-order valence-corrected chi connectivity index (χ0v) is 51.1. The van der Waals surface area contributed by atoms with E-state index < -0.39 is 53.7 Å². The van der Waals surface area contributed by atoms with Gasteiger partial charge >= 0.3 is 240 Å². The molecule has 0 saturated heterocycles. The van der Waals surface area contributed by atoms with Gasteiger partial charge in [0.2, 0.25) is 0 Å². The molecule has 6 rings (SSSR count). The summed E-state index contributed by atoms with van der Waals surface area (Å²) >= 11 is 0.368. The summed E-state index contributed by atoms with van der Waals surface area (Å²) in [6, 6.07) is 10.6. The van der Waals surface area contributed by atoms with Gasteiger partial charge in [0, 0.05) is 43.7 Å². The number of nitrogens with two attached hydrogens (primary N) is 1. The molecule has 2 aliphatic heterocycles. The summed E-state index contributed by atoms with van der Waals surface area (Å²) in [6.07, 6.45) is 0.451. The first-order valence-electron chi connectivity index (χ1n) is 27.1. The molecule has 438 valence electrons. The monoisotopic (exact) mass is 1250 g/mol. The average molecular weight is 1250 g/mol. The van der Waals surface area contributed by atoms with Crippen molar-refractivity contribution in [1.82, 2.24) is 35.3 Å². The Balaban J connectivity index is 0.990. The standard InChI is InChI=1S/C57H75N9O13Se2/c1-11-37-38-26-36(19-20-42(38)61-48-39(37)29-66-44(48)27-41-40(51(66)71)31-77-52(72)57(41,76)12-2)79-55(75)65(10)24-23-64(9)54(74)78-30-34-15-17-35(18-16-34)60-49(69)43(14-13-22-59-53(58)73)62-50(70)47(33(5)6)63-46(68)28-56(7,8)81-80-25-21-45(67)32(3)4/h15-20,26-27,32-33,43,47,76H,11-14,21-25,28-31H2,1-10H3,(H,60,69)(H,62,70)(H,63,68)(H3,58,59,73)/t43-,47-,57-/m0/s1. The second-order valence-electron chi connectivity index (χ2n) is 21.5. The number of urea groups is 1. The van der Waals surface area contributed by atoms with Crippen LogP contribution >= 0.6 is 0 Å². The van der Waals surface area contributed by atoms with Gasteiger partial charge in [0.15, 0.2) is 5.60 Å². The number of amides is 7. The molecular weight excluding hydrogens is 1180 g/mol. The number of aromatic nitrogens is 2. The number of fused-ring (bicyclic) bond motifs is 5. The van der Waals surface area contributed by atoms with Gasteiger partial charge in [-0.15, -0.1) is 0 Å². The topological polar surface area (TPSA) is 300 Å². The number of ether oxygens (including phenoxy) is 3. The SMILES string of the molecule is CCc1c2c(nc3ccc(OC(=O)N(C)CCN(C)C(=O)OCc4ccc(NC(=O)[C@H](CCCNC(N)=O)NC(=O)[C@@H](NC(=O)CC(C)(C)[Se][Se]CCC(=O)C(C)C)C(C)C)cc4)cc13)-c1cc3c(c(=O)n1C2)COC(=O)[C@]3(O)CC. The zero-order chi connectivity index (χ0) is 59.5. The van der Waals surface area contributed by atoms with Crippen LogP contribution in [0, 0.1) is 11.8 Å². The number of cyclic esters (lactones) is 1. The van der Waals surface area contributed by atoms with Gasteiger partial charge in [-0.2, -0.15) is 0 Å². The van der Waals surface area contributed by atoms with E-state index in [9.17, 15) is 48.3 Å². The quantitative estimate of drug-likeness (QED) is 0.0233. The Hall–Kier alpha value is -6.84. The fourth-order valence-corrected chi connectivity index (χ4v) is 17.1. The van der Waals surface area contributed by atoms with Crippen molar-refractivity contribution in [2.75, 3.05) is 39.0 Å². The Bertz CT molecular complexity index is 3090. The van der Waals surface area contributed by atoms with Crippen molar-refractivity contribution in [1.29, 1.82) is 0 Å². The molecule has 0 bridgehead atoms. The summed E-state index contributed by atoms with van der Waals surface area (Å²) in [4.78, 5) is 125. The Morgan fingerprint density at radius 3 is 2.26 bits per heavy atom. The van der Waals surface area contributed by atoms with Crippen LogP contribution in [0.2, 0.25) is 9.63 Å². The Morgan fingerprint density at radius 2 is 1.62 bits per heavy atom. The minimum Gasteiger partial charge on any atom is -0.458 e. The molecule has 0 radical (unpaired) electrons. The predicted octanol–water partition coefficient (Wildman–Crippen LogP) is 5.30. The molecule has 0 aliphatic carbocycles. The maximum atomic E-state index is 13.8. The van der Waals surface area contributed by atoms with Crippen molar-refractivity contribution in [2.45, 2.75) is 141 Å². The second kappa shape index (κ2) is 27.8. The summed E-state index contributed by atoms with van der Waals surface area (Å²) in [5.41, 5.74) is 7.76. The van der Waals surface area contributed by atoms with Gasteiger partial charge in [0.1, 0.15) is 19.0 Å². The minimum atomic E-state index is -1.95.